The molecule has 2 unspecified atom stereocenters. The summed E-state index contributed by atoms with van der Waals surface area (Å²) in [6.07, 6.45) is 0. The maximum Gasteiger partial charge on any atom is 0.286 e. The molecule has 0 fully saturated rings. The Morgan fingerprint density at radius 3 is 2.11 bits per heavy atom. The molecule has 1 aromatic carbocycles. The number of alkyl halides is 2. The summed E-state index contributed by atoms with van der Waals surface area (Å²) in [7, 11) is 0. The van der Waals surface area contributed by atoms with E-state index in [9.17, 15) is 4.79 Å². The SMILES string of the molecule is CC(Br)CN(CC(C)Br)C(=O)Sc1ccccc1. The van der Waals surface area contributed by atoms with Crippen molar-refractivity contribution in [1.82, 2.24) is 4.90 Å². The minimum Gasteiger partial charge on any atom is -0.331 e. The van der Waals surface area contributed by atoms with Crippen LogP contribution in [0.15, 0.2) is 35.2 Å². The van der Waals surface area contributed by atoms with Crippen molar-refractivity contribution in [2.75, 3.05) is 13.1 Å². The molecule has 0 heterocycles. The van der Waals surface area contributed by atoms with Crippen LogP contribution in [0.5, 0.6) is 0 Å². The average Bonchev–Trinajstić information content (AvgIpc) is 2.28. The standard InChI is InChI=1S/C13H17Br2NOS/c1-10(14)8-16(9-11(2)15)13(17)18-12-6-4-3-5-7-12/h3-7,10-11H,8-9H2,1-2H3. The number of thioether (sulfide) groups is 1. The van der Waals surface area contributed by atoms with Gasteiger partial charge >= 0.3 is 0 Å². The molecular formula is C13H17Br2NOS. The molecule has 0 bridgehead atoms. The highest BCUT2D eigenvalue weighted by Crippen LogP contribution is 2.22. The number of hydrogen-bond donors (Lipinski definition) is 0. The van der Waals surface area contributed by atoms with Gasteiger partial charge in [0.2, 0.25) is 0 Å². The van der Waals surface area contributed by atoms with E-state index in [1.54, 1.807) is 0 Å². The molecule has 0 aromatic heterocycles. The van der Waals surface area contributed by atoms with E-state index in [4.69, 9.17) is 0 Å². The Morgan fingerprint density at radius 1 is 1.17 bits per heavy atom. The monoisotopic (exact) mass is 393 g/mol. The zero-order valence-electron chi connectivity index (χ0n) is 10.5. The smallest absolute Gasteiger partial charge is 0.286 e. The first kappa shape index (κ1) is 16.1. The fourth-order valence-corrected chi connectivity index (χ4v) is 2.96. The normalized spacial score (nSPS) is 14.0. The number of hydrogen-bond acceptors (Lipinski definition) is 2. The maximum absolute atomic E-state index is 12.2. The third-order valence-corrected chi connectivity index (χ3v) is 3.67. The first-order valence-corrected chi connectivity index (χ1v) is 8.43. The zero-order chi connectivity index (χ0) is 13.5. The highest BCUT2D eigenvalue weighted by Gasteiger charge is 2.18. The molecule has 0 saturated heterocycles. The summed E-state index contributed by atoms with van der Waals surface area (Å²) in [6, 6.07) is 9.75. The second-order valence-corrected chi connectivity index (χ2v) is 8.30. The van der Waals surface area contributed by atoms with Crippen molar-refractivity contribution in [1.29, 1.82) is 0 Å². The van der Waals surface area contributed by atoms with Crippen LogP contribution in [0.3, 0.4) is 0 Å². The van der Waals surface area contributed by atoms with E-state index in [1.807, 2.05) is 49.1 Å². The fraction of sp³-hybridized carbons (Fsp3) is 0.462. The summed E-state index contributed by atoms with van der Waals surface area (Å²) in [5.41, 5.74) is 0. The predicted octanol–water partition coefficient (Wildman–Crippen LogP) is 4.77. The summed E-state index contributed by atoms with van der Waals surface area (Å²) in [6.45, 7) is 5.53. The predicted molar refractivity (Wildman–Crippen MR) is 86.0 cm³/mol. The molecule has 0 spiro atoms. The Bertz CT molecular complexity index is 361. The number of halogens is 2. The van der Waals surface area contributed by atoms with Crippen LogP contribution in [0.25, 0.3) is 0 Å². The van der Waals surface area contributed by atoms with E-state index in [0.29, 0.717) is 22.7 Å². The van der Waals surface area contributed by atoms with E-state index in [-0.39, 0.29) is 5.24 Å². The van der Waals surface area contributed by atoms with Gasteiger partial charge in [-0.1, -0.05) is 63.9 Å². The third-order valence-electron chi connectivity index (χ3n) is 2.15. The molecule has 5 heteroatoms. The molecule has 0 aliphatic rings. The Morgan fingerprint density at radius 2 is 1.67 bits per heavy atom. The lowest BCUT2D eigenvalue weighted by atomic mass is 10.4. The van der Waals surface area contributed by atoms with Crippen molar-refractivity contribution in [2.24, 2.45) is 0 Å². The summed E-state index contributed by atoms with van der Waals surface area (Å²) in [4.78, 5) is 15.7. The van der Waals surface area contributed by atoms with Crippen LogP contribution >= 0.6 is 43.6 Å². The highest BCUT2D eigenvalue weighted by molar-refractivity contribution is 9.09. The topological polar surface area (TPSA) is 20.3 Å². The molecule has 0 aliphatic carbocycles. The third kappa shape index (κ3) is 6.25. The van der Waals surface area contributed by atoms with Gasteiger partial charge in [0, 0.05) is 27.6 Å². The van der Waals surface area contributed by atoms with Gasteiger partial charge in [0.05, 0.1) is 0 Å². The first-order valence-electron chi connectivity index (χ1n) is 5.79. The van der Waals surface area contributed by atoms with Crippen molar-refractivity contribution < 1.29 is 4.79 Å². The van der Waals surface area contributed by atoms with Gasteiger partial charge in [0.1, 0.15) is 0 Å². The maximum atomic E-state index is 12.2. The molecule has 1 aromatic rings. The van der Waals surface area contributed by atoms with Crippen LogP contribution in [-0.2, 0) is 0 Å². The number of amides is 1. The van der Waals surface area contributed by atoms with Crippen molar-refractivity contribution >= 4 is 48.9 Å². The van der Waals surface area contributed by atoms with Gasteiger partial charge in [0.15, 0.2) is 0 Å². The largest absolute Gasteiger partial charge is 0.331 e. The molecule has 0 radical (unpaired) electrons. The Hall–Kier alpha value is 0. The lowest BCUT2D eigenvalue weighted by Crippen LogP contribution is -2.36. The lowest BCUT2D eigenvalue weighted by molar-refractivity contribution is 0.225. The van der Waals surface area contributed by atoms with E-state index in [1.165, 1.54) is 11.8 Å². The lowest BCUT2D eigenvalue weighted by Gasteiger charge is -2.24. The van der Waals surface area contributed by atoms with Gasteiger partial charge in [-0.2, -0.15) is 0 Å². The number of benzene rings is 1. The van der Waals surface area contributed by atoms with E-state index >= 15 is 0 Å². The van der Waals surface area contributed by atoms with Gasteiger partial charge < -0.3 is 4.90 Å². The summed E-state index contributed by atoms with van der Waals surface area (Å²) in [5, 5.41) is 0.0961. The first-order chi connectivity index (χ1) is 8.49. The number of rotatable bonds is 5. The molecule has 0 saturated carbocycles. The van der Waals surface area contributed by atoms with Crippen molar-refractivity contribution in [3.63, 3.8) is 0 Å². The quantitative estimate of drug-likeness (QED) is 0.529. The zero-order valence-corrected chi connectivity index (χ0v) is 14.5. The minimum atomic E-state index is 0.0961. The van der Waals surface area contributed by atoms with Crippen LogP contribution in [0, 0.1) is 0 Å². The fourth-order valence-electron chi connectivity index (χ4n) is 1.48. The Labute approximate surface area is 130 Å². The molecule has 18 heavy (non-hydrogen) atoms. The van der Waals surface area contributed by atoms with Crippen molar-refractivity contribution in [3.05, 3.63) is 30.3 Å². The minimum absolute atomic E-state index is 0.0961. The van der Waals surface area contributed by atoms with Crippen LogP contribution < -0.4 is 0 Å². The highest BCUT2D eigenvalue weighted by atomic mass is 79.9. The van der Waals surface area contributed by atoms with Crippen molar-refractivity contribution in [2.45, 2.75) is 28.4 Å². The summed E-state index contributed by atoms with van der Waals surface area (Å²) < 4.78 is 0. The summed E-state index contributed by atoms with van der Waals surface area (Å²) in [5.74, 6) is 0. The van der Waals surface area contributed by atoms with E-state index in [2.05, 4.69) is 31.9 Å². The van der Waals surface area contributed by atoms with Crippen LogP contribution in [0.1, 0.15) is 13.8 Å². The van der Waals surface area contributed by atoms with Crippen LogP contribution in [0.4, 0.5) is 4.79 Å². The van der Waals surface area contributed by atoms with E-state index in [0.717, 1.165) is 4.90 Å². The number of carbonyl (C=O) groups excluding carboxylic acids is 1. The second-order valence-electron chi connectivity index (χ2n) is 4.15. The van der Waals surface area contributed by atoms with E-state index < -0.39 is 0 Å². The van der Waals surface area contributed by atoms with Gasteiger partial charge in [-0.05, 0) is 23.9 Å². The molecule has 1 rings (SSSR count). The van der Waals surface area contributed by atoms with Gasteiger partial charge in [-0.15, -0.1) is 0 Å². The Balaban J connectivity index is 2.64. The molecule has 0 N–H and O–H groups in total. The average molecular weight is 395 g/mol. The summed E-state index contributed by atoms with van der Waals surface area (Å²) >= 11 is 8.28. The second kappa shape index (κ2) is 8.23. The molecule has 1 amide bonds. The number of carbonyl (C=O) groups is 1. The van der Waals surface area contributed by atoms with Gasteiger partial charge in [-0.3, -0.25) is 4.79 Å². The number of nitrogens with zero attached hydrogens (tertiary/aromatic N) is 1. The molecule has 0 aliphatic heterocycles. The molecule has 2 atom stereocenters. The molecular weight excluding hydrogens is 378 g/mol. The van der Waals surface area contributed by atoms with Crippen molar-refractivity contribution in [3.8, 4) is 0 Å². The molecule has 2 nitrogen and oxygen atoms in total. The van der Waals surface area contributed by atoms with Crippen LogP contribution in [-0.4, -0.2) is 32.9 Å². The van der Waals surface area contributed by atoms with Gasteiger partial charge in [0.25, 0.3) is 5.24 Å². The molecule has 100 valence electrons. The Kier molecular flexibility index (Phi) is 7.34. The van der Waals surface area contributed by atoms with Gasteiger partial charge in [-0.25, -0.2) is 0 Å². The van der Waals surface area contributed by atoms with Crippen LogP contribution in [0.2, 0.25) is 0 Å².